The second-order valence-corrected chi connectivity index (χ2v) is 4.39. The fourth-order valence-corrected chi connectivity index (χ4v) is 1.76. The Morgan fingerprint density at radius 3 is 2.71 bits per heavy atom. The van der Waals surface area contributed by atoms with Gasteiger partial charge in [0.2, 0.25) is 0 Å². The molecule has 0 amide bonds. The number of anilines is 1. The van der Waals surface area contributed by atoms with E-state index in [2.05, 4.69) is 10.4 Å². The minimum atomic E-state index is 0.340. The Kier molecular flexibility index (Phi) is 3.21. The van der Waals surface area contributed by atoms with Crippen molar-refractivity contribution in [2.45, 2.75) is 0 Å². The molecule has 17 heavy (non-hydrogen) atoms. The third-order valence-corrected chi connectivity index (χ3v) is 2.54. The first kappa shape index (κ1) is 11.8. The minimum Gasteiger partial charge on any atom is -0.389 e. The molecule has 0 aliphatic heterocycles. The Hall–Kier alpha value is -1.72. The van der Waals surface area contributed by atoms with Crippen molar-refractivity contribution < 1.29 is 0 Å². The van der Waals surface area contributed by atoms with E-state index in [0.717, 1.165) is 16.5 Å². The van der Waals surface area contributed by atoms with E-state index in [9.17, 15) is 0 Å². The molecule has 1 aromatic heterocycles. The molecule has 0 bridgehead atoms. The van der Waals surface area contributed by atoms with Gasteiger partial charge in [-0.2, -0.15) is 0 Å². The topological polar surface area (TPSA) is 54.2 Å². The van der Waals surface area contributed by atoms with Gasteiger partial charge in [-0.1, -0.05) is 30.4 Å². The Morgan fingerprint density at radius 1 is 1.35 bits per heavy atom. The van der Waals surface area contributed by atoms with E-state index in [1.807, 2.05) is 44.4 Å². The van der Waals surface area contributed by atoms with Gasteiger partial charge >= 0.3 is 0 Å². The molecule has 5 heteroatoms. The van der Waals surface area contributed by atoms with Crippen LogP contribution >= 0.6 is 12.2 Å². The zero-order valence-electron chi connectivity index (χ0n) is 9.77. The first-order valence-electron chi connectivity index (χ1n) is 5.21. The van der Waals surface area contributed by atoms with Crippen LogP contribution in [0.3, 0.4) is 0 Å². The highest BCUT2D eigenvalue weighted by Crippen LogP contribution is 2.20. The molecule has 2 aromatic rings. The van der Waals surface area contributed by atoms with Gasteiger partial charge in [-0.3, -0.25) is 0 Å². The first-order valence-corrected chi connectivity index (χ1v) is 5.62. The van der Waals surface area contributed by atoms with Crippen molar-refractivity contribution in [3.8, 4) is 0 Å². The lowest BCUT2D eigenvalue weighted by molar-refractivity contribution is 0.492. The third kappa shape index (κ3) is 2.51. The van der Waals surface area contributed by atoms with Crippen LogP contribution in [-0.4, -0.2) is 29.1 Å². The van der Waals surface area contributed by atoms with E-state index in [1.165, 1.54) is 0 Å². The summed E-state index contributed by atoms with van der Waals surface area (Å²) in [6.07, 6.45) is 0. The molecule has 0 spiro atoms. The lowest BCUT2D eigenvalue weighted by Crippen LogP contribution is -2.23. The Balaban J connectivity index is 2.62. The summed E-state index contributed by atoms with van der Waals surface area (Å²) in [6, 6.07) is 9.82. The van der Waals surface area contributed by atoms with Crippen LogP contribution in [-0.2, 0) is 0 Å². The lowest BCUT2D eigenvalue weighted by atomic mass is 10.1. The third-order valence-electron chi connectivity index (χ3n) is 2.32. The molecule has 0 saturated carbocycles. The van der Waals surface area contributed by atoms with E-state index in [0.29, 0.717) is 10.8 Å². The quantitative estimate of drug-likeness (QED) is 0.638. The van der Waals surface area contributed by atoms with Crippen molar-refractivity contribution in [3.05, 3.63) is 35.9 Å². The van der Waals surface area contributed by atoms with Crippen LogP contribution in [0.5, 0.6) is 0 Å². The number of hydrogen-bond acceptors (Lipinski definition) is 4. The summed E-state index contributed by atoms with van der Waals surface area (Å²) in [6.45, 7) is 0. The fourth-order valence-electron chi connectivity index (χ4n) is 1.60. The zero-order chi connectivity index (χ0) is 12.4. The number of aromatic nitrogens is 1. The van der Waals surface area contributed by atoms with Gasteiger partial charge in [0.15, 0.2) is 5.82 Å². The maximum atomic E-state index is 5.71. The fraction of sp³-hybridized carbons (Fsp3) is 0.167. The van der Waals surface area contributed by atoms with Crippen molar-refractivity contribution in [3.63, 3.8) is 0 Å². The zero-order valence-corrected chi connectivity index (χ0v) is 10.6. The summed E-state index contributed by atoms with van der Waals surface area (Å²) in [5.74, 6) is 0.682. The highest BCUT2D eigenvalue weighted by atomic mass is 32.1. The van der Waals surface area contributed by atoms with Crippen LogP contribution in [0.25, 0.3) is 10.9 Å². The minimum absolute atomic E-state index is 0.340. The molecule has 0 unspecified atom stereocenters. The summed E-state index contributed by atoms with van der Waals surface area (Å²) in [5, 5.41) is 2.83. The average Bonchev–Trinajstić information content (AvgIpc) is 2.27. The molecule has 0 saturated heterocycles. The van der Waals surface area contributed by atoms with Crippen LogP contribution in [0.15, 0.2) is 30.3 Å². The maximum absolute atomic E-state index is 5.71. The largest absolute Gasteiger partial charge is 0.389 e. The molecule has 0 aliphatic carbocycles. The predicted molar refractivity (Wildman–Crippen MR) is 74.9 cm³/mol. The molecular weight excluding hydrogens is 232 g/mol. The van der Waals surface area contributed by atoms with Crippen molar-refractivity contribution in [2.75, 3.05) is 19.5 Å². The standard InChI is InChI=1S/C12H14N4S/c1-16(2)15-12-9(11(13)17)7-8-5-3-4-6-10(8)14-12/h3-7H,1-2H3,(H2,13,17)(H,14,15). The summed E-state index contributed by atoms with van der Waals surface area (Å²) in [5.41, 5.74) is 10.5. The van der Waals surface area contributed by atoms with Crippen molar-refractivity contribution in [1.82, 2.24) is 9.99 Å². The van der Waals surface area contributed by atoms with E-state index >= 15 is 0 Å². The predicted octanol–water partition coefficient (Wildman–Crippen LogP) is 1.76. The molecule has 1 heterocycles. The number of benzene rings is 1. The number of fused-ring (bicyclic) bond motifs is 1. The summed E-state index contributed by atoms with van der Waals surface area (Å²) in [4.78, 5) is 4.86. The highest BCUT2D eigenvalue weighted by molar-refractivity contribution is 7.80. The summed E-state index contributed by atoms with van der Waals surface area (Å²) < 4.78 is 0. The number of thiocarbonyl (C=S) groups is 1. The molecule has 0 atom stereocenters. The number of hydrazine groups is 1. The number of pyridine rings is 1. The highest BCUT2D eigenvalue weighted by Gasteiger charge is 2.09. The SMILES string of the molecule is CN(C)Nc1nc2ccccc2cc1C(N)=S. The maximum Gasteiger partial charge on any atom is 0.151 e. The molecule has 88 valence electrons. The van der Waals surface area contributed by atoms with Crippen LogP contribution in [0.4, 0.5) is 5.82 Å². The van der Waals surface area contributed by atoms with Crippen molar-refractivity contribution in [2.24, 2.45) is 5.73 Å². The van der Waals surface area contributed by atoms with Gasteiger partial charge in [0.25, 0.3) is 0 Å². The van der Waals surface area contributed by atoms with Crippen molar-refractivity contribution in [1.29, 1.82) is 0 Å². The molecule has 0 fully saturated rings. The first-order chi connectivity index (χ1) is 8.08. The molecular formula is C12H14N4S. The van der Waals surface area contributed by atoms with Crippen LogP contribution in [0, 0.1) is 0 Å². The van der Waals surface area contributed by atoms with Crippen LogP contribution in [0.1, 0.15) is 5.56 Å². The van der Waals surface area contributed by atoms with E-state index in [-0.39, 0.29) is 0 Å². The summed E-state index contributed by atoms with van der Waals surface area (Å²) >= 11 is 5.04. The summed E-state index contributed by atoms with van der Waals surface area (Å²) in [7, 11) is 3.78. The number of para-hydroxylation sites is 1. The van der Waals surface area contributed by atoms with Crippen LogP contribution < -0.4 is 11.2 Å². The van der Waals surface area contributed by atoms with Gasteiger partial charge in [0.1, 0.15) is 4.99 Å². The number of rotatable bonds is 3. The van der Waals surface area contributed by atoms with Gasteiger partial charge in [-0.25, -0.2) is 9.99 Å². The Labute approximate surface area is 105 Å². The number of nitrogens with two attached hydrogens (primary N) is 1. The van der Waals surface area contributed by atoms with Gasteiger partial charge < -0.3 is 11.2 Å². The molecule has 1 aromatic carbocycles. The molecule has 3 N–H and O–H groups in total. The second kappa shape index (κ2) is 4.65. The van der Waals surface area contributed by atoms with Gasteiger partial charge in [0.05, 0.1) is 11.1 Å². The molecule has 0 radical (unpaired) electrons. The second-order valence-electron chi connectivity index (χ2n) is 3.95. The monoisotopic (exact) mass is 246 g/mol. The van der Waals surface area contributed by atoms with Crippen molar-refractivity contribution >= 4 is 33.9 Å². The van der Waals surface area contributed by atoms with Crippen LogP contribution in [0.2, 0.25) is 0 Å². The van der Waals surface area contributed by atoms with Gasteiger partial charge in [0, 0.05) is 19.5 Å². The smallest absolute Gasteiger partial charge is 0.151 e. The van der Waals surface area contributed by atoms with Gasteiger partial charge in [-0.05, 0) is 12.1 Å². The number of nitrogens with zero attached hydrogens (tertiary/aromatic N) is 2. The van der Waals surface area contributed by atoms with Gasteiger partial charge in [-0.15, -0.1) is 0 Å². The number of nitrogens with one attached hydrogen (secondary N) is 1. The molecule has 4 nitrogen and oxygen atoms in total. The molecule has 2 rings (SSSR count). The Bertz CT molecular complexity index is 565. The van der Waals surface area contributed by atoms with E-state index in [4.69, 9.17) is 18.0 Å². The van der Waals surface area contributed by atoms with E-state index in [1.54, 1.807) is 5.01 Å². The lowest BCUT2D eigenvalue weighted by Gasteiger charge is -2.16. The normalized spacial score (nSPS) is 10.8. The number of hydrogen-bond donors (Lipinski definition) is 2. The van der Waals surface area contributed by atoms with E-state index < -0.39 is 0 Å². The molecule has 0 aliphatic rings. The average molecular weight is 246 g/mol. The Morgan fingerprint density at radius 2 is 2.06 bits per heavy atom.